The molecule has 1 aliphatic heterocycles. The number of guanidine groups is 1. The lowest BCUT2D eigenvalue weighted by Crippen LogP contribution is -2.49. The maximum Gasteiger partial charge on any atom is 0.251 e. The highest BCUT2D eigenvalue weighted by Gasteiger charge is 2.20. The molecular weight excluding hydrogens is 326 g/mol. The van der Waals surface area contributed by atoms with Gasteiger partial charge in [0.2, 0.25) is 0 Å². The van der Waals surface area contributed by atoms with Crippen molar-refractivity contribution in [3.63, 3.8) is 0 Å². The molecule has 0 aromatic heterocycles. The summed E-state index contributed by atoms with van der Waals surface area (Å²) in [6.45, 7) is 6.26. The largest absolute Gasteiger partial charge is 0.356 e. The van der Waals surface area contributed by atoms with Crippen LogP contribution >= 0.6 is 0 Å². The number of likely N-dealkylation sites (N-methyl/N-ethyl adjacent to an activating group) is 1. The van der Waals surface area contributed by atoms with E-state index in [-0.39, 0.29) is 5.91 Å². The van der Waals surface area contributed by atoms with Crippen LogP contribution in [0.5, 0.6) is 0 Å². The lowest BCUT2D eigenvalue weighted by atomic mass is 10.0. The minimum atomic E-state index is -0.0507. The zero-order valence-electron chi connectivity index (χ0n) is 16.3. The van der Waals surface area contributed by atoms with Crippen LogP contribution in [0.3, 0.4) is 0 Å². The van der Waals surface area contributed by atoms with Crippen LogP contribution in [0.2, 0.25) is 0 Å². The van der Waals surface area contributed by atoms with E-state index in [0.717, 1.165) is 37.6 Å². The van der Waals surface area contributed by atoms with Crippen molar-refractivity contribution in [3.05, 3.63) is 35.4 Å². The Hall–Kier alpha value is -2.08. The van der Waals surface area contributed by atoms with Crippen LogP contribution in [0.25, 0.3) is 0 Å². The molecule has 1 saturated heterocycles. The van der Waals surface area contributed by atoms with E-state index in [1.807, 2.05) is 24.3 Å². The van der Waals surface area contributed by atoms with Gasteiger partial charge in [-0.25, -0.2) is 0 Å². The number of carbonyl (C=O) groups excluding carboxylic acids is 1. The first kappa shape index (κ1) is 20.2. The van der Waals surface area contributed by atoms with E-state index >= 15 is 0 Å². The van der Waals surface area contributed by atoms with Gasteiger partial charge in [0.1, 0.15) is 0 Å². The maximum atomic E-state index is 11.7. The predicted octanol–water partition coefficient (Wildman–Crippen LogP) is 1.63. The van der Waals surface area contributed by atoms with E-state index in [0.29, 0.717) is 11.6 Å². The van der Waals surface area contributed by atoms with Gasteiger partial charge >= 0.3 is 0 Å². The van der Waals surface area contributed by atoms with Gasteiger partial charge in [-0.3, -0.25) is 14.7 Å². The van der Waals surface area contributed by atoms with E-state index in [4.69, 9.17) is 0 Å². The van der Waals surface area contributed by atoms with Crippen LogP contribution in [0.15, 0.2) is 29.3 Å². The van der Waals surface area contributed by atoms with Gasteiger partial charge < -0.3 is 16.0 Å². The lowest BCUT2D eigenvalue weighted by molar-refractivity contribution is 0.0963. The molecule has 0 spiro atoms. The third-order valence-corrected chi connectivity index (χ3v) is 5.01. The van der Waals surface area contributed by atoms with Gasteiger partial charge in [0.15, 0.2) is 5.96 Å². The van der Waals surface area contributed by atoms with E-state index in [1.165, 1.54) is 25.8 Å². The Labute approximate surface area is 157 Å². The number of benzene rings is 1. The molecule has 26 heavy (non-hydrogen) atoms. The zero-order chi connectivity index (χ0) is 18.8. The fourth-order valence-electron chi connectivity index (χ4n) is 3.48. The Morgan fingerprint density at radius 3 is 2.88 bits per heavy atom. The standard InChI is InChI=1S/C20H33N5O/c1-4-25-13-6-5-10-18(25)15-24-20(22-3)23-12-11-16-8-7-9-17(14-16)19(26)21-2/h7-9,14,18H,4-6,10-13,15H2,1-3H3,(H,21,26)(H2,22,23,24). The molecule has 1 aromatic rings. The monoisotopic (exact) mass is 359 g/mol. The Kier molecular flexibility index (Phi) is 8.41. The number of piperidine rings is 1. The maximum absolute atomic E-state index is 11.7. The number of rotatable bonds is 7. The fraction of sp³-hybridized carbons (Fsp3) is 0.600. The van der Waals surface area contributed by atoms with Gasteiger partial charge in [-0.15, -0.1) is 0 Å². The molecule has 144 valence electrons. The van der Waals surface area contributed by atoms with Gasteiger partial charge in [-0.1, -0.05) is 25.5 Å². The molecule has 0 aliphatic carbocycles. The minimum Gasteiger partial charge on any atom is -0.356 e. The molecule has 3 N–H and O–H groups in total. The van der Waals surface area contributed by atoms with E-state index in [2.05, 4.69) is 32.8 Å². The summed E-state index contributed by atoms with van der Waals surface area (Å²) in [5.74, 6) is 0.791. The van der Waals surface area contributed by atoms with Gasteiger partial charge in [-0.05, 0) is 50.0 Å². The normalized spacial score (nSPS) is 18.4. The Morgan fingerprint density at radius 2 is 2.15 bits per heavy atom. The molecule has 2 rings (SSSR count). The number of nitrogens with one attached hydrogen (secondary N) is 3. The molecule has 1 aliphatic rings. The first-order valence-corrected chi connectivity index (χ1v) is 9.67. The van der Waals surface area contributed by atoms with Crippen LogP contribution in [0.4, 0.5) is 0 Å². The molecule has 1 heterocycles. The van der Waals surface area contributed by atoms with Gasteiger partial charge in [0.25, 0.3) is 5.91 Å². The van der Waals surface area contributed by atoms with E-state index in [9.17, 15) is 4.79 Å². The van der Waals surface area contributed by atoms with Crippen molar-refractivity contribution in [1.29, 1.82) is 0 Å². The minimum absolute atomic E-state index is 0.0507. The molecule has 0 bridgehead atoms. The SMILES string of the molecule is CCN1CCCCC1CNC(=NC)NCCc1cccc(C(=O)NC)c1. The number of nitrogens with zero attached hydrogens (tertiary/aromatic N) is 2. The Balaban J connectivity index is 1.77. The third kappa shape index (κ3) is 6.02. The van der Waals surface area contributed by atoms with Crippen molar-refractivity contribution in [2.45, 2.75) is 38.6 Å². The predicted molar refractivity (Wildman–Crippen MR) is 108 cm³/mol. The van der Waals surface area contributed by atoms with Crippen molar-refractivity contribution in [2.75, 3.05) is 40.3 Å². The highest BCUT2D eigenvalue weighted by molar-refractivity contribution is 5.94. The summed E-state index contributed by atoms with van der Waals surface area (Å²) in [5.41, 5.74) is 1.84. The van der Waals surface area contributed by atoms with Gasteiger partial charge in [0.05, 0.1) is 0 Å². The number of carbonyl (C=O) groups is 1. The molecule has 1 unspecified atom stereocenters. The second-order valence-corrected chi connectivity index (χ2v) is 6.69. The molecule has 6 nitrogen and oxygen atoms in total. The second-order valence-electron chi connectivity index (χ2n) is 6.69. The summed E-state index contributed by atoms with van der Waals surface area (Å²) in [6.07, 6.45) is 4.73. The molecule has 0 saturated carbocycles. The number of likely N-dealkylation sites (tertiary alicyclic amines) is 1. The van der Waals surface area contributed by atoms with Crippen LogP contribution in [-0.4, -0.2) is 63.1 Å². The van der Waals surface area contributed by atoms with Crippen molar-refractivity contribution < 1.29 is 4.79 Å². The highest BCUT2D eigenvalue weighted by Crippen LogP contribution is 2.15. The molecular formula is C20H33N5O. The Bertz CT molecular complexity index is 602. The van der Waals surface area contributed by atoms with Gasteiger partial charge in [0, 0.05) is 38.8 Å². The van der Waals surface area contributed by atoms with Crippen molar-refractivity contribution in [3.8, 4) is 0 Å². The van der Waals surface area contributed by atoms with Crippen LogP contribution < -0.4 is 16.0 Å². The molecule has 1 aromatic carbocycles. The smallest absolute Gasteiger partial charge is 0.251 e. The first-order valence-electron chi connectivity index (χ1n) is 9.67. The van der Waals surface area contributed by atoms with Crippen molar-refractivity contribution >= 4 is 11.9 Å². The van der Waals surface area contributed by atoms with Crippen LogP contribution in [-0.2, 0) is 6.42 Å². The summed E-state index contributed by atoms with van der Waals surface area (Å²) < 4.78 is 0. The average Bonchev–Trinajstić information content (AvgIpc) is 2.70. The third-order valence-electron chi connectivity index (χ3n) is 5.01. The molecule has 0 radical (unpaired) electrons. The number of hydrogen-bond acceptors (Lipinski definition) is 3. The topological polar surface area (TPSA) is 68.8 Å². The number of hydrogen-bond donors (Lipinski definition) is 3. The molecule has 1 amide bonds. The lowest BCUT2D eigenvalue weighted by Gasteiger charge is -2.35. The van der Waals surface area contributed by atoms with Crippen LogP contribution in [0.1, 0.15) is 42.1 Å². The number of amides is 1. The summed E-state index contributed by atoms with van der Waals surface area (Å²) in [7, 11) is 3.46. The average molecular weight is 360 g/mol. The fourth-order valence-corrected chi connectivity index (χ4v) is 3.48. The van der Waals surface area contributed by atoms with Crippen LogP contribution in [0, 0.1) is 0 Å². The zero-order valence-corrected chi connectivity index (χ0v) is 16.3. The molecule has 1 atom stereocenters. The number of aliphatic imine (C=N–C) groups is 1. The summed E-state index contributed by atoms with van der Waals surface area (Å²) in [5, 5.41) is 9.49. The quantitative estimate of drug-likeness (QED) is 0.511. The van der Waals surface area contributed by atoms with Crippen molar-refractivity contribution in [1.82, 2.24) is 20.9 Å². The molecule has 6 heteroatoms. The Morgan fingerprint density at radius 1 is 1.31 bits per heavy atom. The summed E-state index contributed by atoms with van der Waals surface area (Å²) in [6, 6.07) is 8.34. The van der Waals surface area contributed by atoms with Crippen molar-refractivity contribution in [2.24, 2.45) is 4.99 Å². The summed E-state index contributed by atoms with van der Waals surface area (Å²) >= 11 is 0. The highest BCUT2D eigenvalue weighted by atomic mass is 16.1. The molecule has 1 fully saturated rings. The van der Waals surface area contributed by atoms with Gasteiger partial charge in [-0.2, -0.15) is 0 Å². The summed E-state index contributed by atoms with van der Waals surface area (Å²) in [4.78, 5) is 18.6. The van der Waals surface area contributed by atoms with E-state index < -0.39 is 0 Å². The second kappa shape index (κ2) is 10.8. The first-order chi connectivity index (χ1) is 12.7. The van der Waals surface area contributed by atoms with E-state index in [1.54, 1.807) is 14.1 Å².